The highest BCUT2D eigenvalue weighted by molar-refractivity contribution is 7.98. The molecule has 0 saturated carbocycles. The fraction of sp³-hybridized carbons (Fsp3) is 0.353. The van der Waals surface area contributed by atoms with Crippen molar-refractivity contribution in [2.24, 2.45) is 0 Å². The molecule has 1 aromatic heterocycles. The van der Waals surface area contributed by atoms with Crippen LogP contribution in [-0.2, 0) is 11.4 Å². The quantitative estimate of drug-likeness (QED) is 0.812. The zero-order chi connectivity index (χ0) is 16.0. The lowest BCUT2D eigenvalue weighted by molar-refractivity contribution is 0.0557. The molecule has 1 amide bonds. The fourth-order valence-corrected chi connectivity index (χ4v) is 3.42. The molecule has 1 aromatic carbocycles. The first-order valence-corrected chi connectivity index (χ1v) is 9.27. The van der Waals surface area contributed by atoms with Gasteiger partial charge in [-0.15, -0.1) is 11.3 Å². The molecule has 0 bridgehead atoms. The van der Waals surface area contributed by atoms with Crippen molar-refractivity contribution in [2.45, 2.75) is 25.2 Å². The second kappa shape index (κ2) is 7.81. The molecule has 5 heteroatoms. The van der Waals surface area contributed by atoms with E-state index >= 15 is 0 Å². The highest BCUT2D eigenvalue weighted by Gasteiger charge is 2.24. The minimum atomic E-state index is -1.04. The monoisotopic (exact) mass is 335 g/mol. The van der Waals surface area contributed by atoms with Crippen molar-refractivity contribution in [3.8, 4) is 0 Å². The first-order chi connectivity index (χ1) is 10.5. The molecule has 0 fully saturated rings. The van der Waals surface area contributed by atoms with Gasteiger partial charge in [0.05, 0.1) is 6.54 Å². The van der Waals surface area contributed by atoms with Crippen molar-refractivity contribution in [3.63, 3.8) is 0 Å². The predicted molar refractivity (Wildman–Crippen MR) is 94.5 cm³/mol. The summed E-state index contributed by atoms with van der Waals surface area (Å²) in [6.45, 7) is 4.04. The van der Waals surface area contributed by atoms with Gasteiger partial charge in [0.2, 0.25) is 0 Å². The van der Waals surface area contributed by atoms with E-state index < -0.39 is 5.60 Å². The average Bonchev–Trinajstić information content (AvgIpc) is 3.06. The lowest BCUT2D eigenvalue weighted by atomic mass is 10.0. The van der Waals surface area contributed by atoms with Crippen LogP contribution in [0.1, 0.15) is 34.6 Å². The van der Waals surface area contributed by atoms with Crippen LogP contribution in [0.2, 0.25) is 0 Å². The number of thioether (sulfide) groups is 1. The molecular weight excluding hydrogens is 314 g/mol. The molecule has 2 rings (SSSR count). The van der Waals surface area contributed by atoms with Gasteiger partial charge in [0.1, 0.15) is 5.60 Å². The molecule has 1 heterocycles. The molecule has 1 atom stereocenters. The zero-order valence-corrected chi connectivity index (χ0v) is 14.5. The van der Waals surface area contributed by atoms with Crippen molar-refractivity contribution in [1.82, 2.24) is 5.32 Å². The molecular formula is C17H21NO2S2. The van der Waals surface area contributed by atoms with Gasteiger partial charge in [-0.25, -0.2) is 0 Å². The maximum Gasteiger partial charge on any atom is 0.251 e. The topological polar surface area (TPSA) is 49.3 Å². The Morgan fingerprint density at radius 2 is 2.05 bits per heavy atom. The van der Waals surface area contributed by atoms with E-state index in [1.807, 2.05) is 53.5 Å². The Hall–Kier alpha value is -1.30. The average molecular weight is 335 g/mol. The molecule has 1 unspecified atom stereocenters. The SMILES string of the molecule is CCSCc1ccc(C(=O)NCC(C)(O)c2cccs2)cc1. The van der Waals surface area contributed by atoms with Crippen LogP contribution in [0.4, 0.5) is 0 Å². The molecule has 0 saturated heterocycles. The number of hydrogen-bond acceptors (Lipinski definition) is 4. The Kier molecular flexibility index (Phi) is 6.06. The molecule has 118 valence electrons. The normalized spacial score (nSPS) is 13.6. The van der Waals surface area contributed by atoms with Crippen molar-refractivity contribution >= 4 is 29.0 Å². The van der Waals surface area contributed by atoms with Gasteiger partial charge >= 0.3 is 0 Å². The number of rotatable bonds is 7. The van der Waals surface area contributed by atoms with Gasteiger partial charge in [0.25, 0.3) is 5.91 Å². The van der Waals surface area contributed by atoms with Gasteiger partial charge in [-0.05, 0) is 41.8 Å². The highest BCUT2D eigenvalue weighted by Crippen LogP contribution is 2.24. The lowest BCUT2D eigenvalue weighted by Crippen LogP contribution is -2.38. The number of benzene rings is 1. The van der Waals surface area contributed by atoms with Crippen LogP contribution >= 0.6 is 23.1 Å². The molecule has 0 spiro atoms. The Morgan fingerprint density at radius 1 is 1.32 bits per heavy atom. The first-order valence-electron chi connectivity index (χ1n) is 7.24. The first kappa shape index (κ1) is 17.1. The van der Waals surface area contributed by atoms with E-state index in [4.69, 9.17) is 0 Å². The van der Waals surface area contributed by atoms with Crippen LogP contribution in [0.3, 0.4) is 0 Å². The minimum absolute atomic E-state index is 0.161. The van der Waals surface area contributed by atoms with E-state index in [1.165, 1.54) is 16.9 Å². The van der Waals surface area contributed by atoms with Gasteiger partial charge < -0.3 is 10.4 Å². The number of aliphatic hydroxyl groups is 1. The summed E-state index contributed by atoms with van der Waals surface area (Å²) in [5, 5.41) is 15.1. The number of hydrogen-bond donors (Lipinski definition) is 2. The van der Waals surface area contributed by atoms with Gasteiger partial charge in [-0.2, -0.15) is 11.8 Å². The minimum Gasteiger partial charge on any atom is -0.383 e. The van der Waals surface area contributed by atoms with Crippen LogP contribution in [0, 0.1) is 0 Å². The van der Waals surface area contributed by atoms with E-state index in [-0.39, 0.29) is 12.5 Å². The van der Waals surface area contributed by atoms with E-state index in [0.717, 1.165) is 16.4 Å². The number of nitrogens with one attached hydrogen (secondary N) is 1. The van der Waals surface area contributed by atoms with E-state index in [2.05, 4.69) is 12.2 Å². The highest BCUT2D eigenvalue weighted by atomic mass is 32.2. The number of carbonyl (C=O) groups is 1. The number of carbonyl (C=O) groups excluding carboxylic acids is 1. The third-order valence-corrected chi connectivity index (χ3v) is 5.40. The van der Waals surface area contributed by atoms with Gasteiger partial charge in [0, 0.05) is 16.2 Å². The number of amides is 1. The Bertz CT molecular complexity index is 592. The summed E-state index contributed by atoms with van der Waals surface area (Å²) in [5.74, 6) is 1.89. The fourth-order valence-electron chi connectivity index (χ4n) is 2.00. The summed E-state index contributed by atoms with van der Waals surface area (Å²) in [6.07, 6.45) is 0. The zero-order valence-electron chi connectivity index (χ0n) is 12.8. The largest absolute Gasteiger partial charge is 0.383 e. The molecule has 2 aromatic rings. The van der Waals surface area contributed by atoms with Crippen LogP contribution in [0.5, 0.6) is 0 Å². The van der Waals surface area contributed by atoms with E-state index in [1.54, 1.807) is 6.92 Å². The van der Waals surface area contributed by atoms with Crippen molar-refractivity contribution < 1.29 is 9.90 Å². The summed E-state index contributed by atoms with van der Waals surface area (Å²) in [5.41, 5.74) is 0.794. The van der Waals surface area contributed by atoms with E-state index in [0.29, 0.717) is 5.56 Å². The molecule has 22 heavy (non-hydrogen) atoms. The number of thiophene rings is 1. The van der Waals surface area contributed by atoms with Crippen LogP contribution < -0.4 is 5.32 Å². The predicted octanol–water partition coefficient (Wildman–Crippen LogP) is 3.64. The maximum absolute atomic E-state index is 12.2. The summed E-state index contributed by atoms with van der Waals surface area (Å²) < 4.78 is 0. The van der Waals surface area contributed by atoms with E-state index in [9.17, 15) is 9.90 Å². The maximum atomic E-state index is 12.2. The summed E-state index contributed by atoms with van der Waals surface area (Å²) in [7, 11) is 0. The Balaban J connectivity index is 1.92. The van der Waals surface area contributed by atoms with Crippen LogP contribution in [-0.4, -0.2) is 23.3 Å². The Morgan fingerprint density at radius 3 is 2.64 bits per heavy atom. The Labute approximate surface area is 139 Å². The van der Waals surface area contributed by atoms with Crippen LogP contribution in [0.15, 0.2) is 41.8 Å². The summed E-state index contributed by atoms with van der Waals surface area (Å²) in [6, 6.07) is 11.4. The van der Waals surface area contributed by atoms with Crippen molar-refractivity contribution in [3.05, 3.63) is 57.8 Å². The second-order valence-electron chi connectivity index (χ2n) is 5.27. The molecule has 0 aliphatic carbocycles. The third kappa shape index (κ3) is 4.60. The van der Waals surface area contributed by atoms with Crippen LogP contribution in [0.25, 0.3) is 0 Å². The van der Waals surface area contributed by atoms with Crippen molar-refractivity contribution in [2.75, 3.05) is 12.3 Å². The molecule has 0 radical (unpaired) electrons. The van der Waals surface area contributed by atoms with Crippen molar-refractivity contribution in [1.29, 1.82) is 0 Å². The van der Waals surface area contributed by atoms with Gasteiger partial charge in [-0.1, -0.05) is 25.1 Å². The summed E-state index contributed by atoms with van der Waals surface area (Å²) in [4.78, 5) is 13.0. The van der Waals surface area contributed by atoms with Gasteiger partial charge in [-0.3, -0.25) is 4.79 Å². The smallest absolute Gasteiger partial charge is 0.251 e. The third-order valence-electron chi connectivity index (χ3n) is 3.33. The molecule has 0 aliphatic heterocycles. The second-order valence-corrected chi connectivity index (χ2v) is 7.49. The summed E-state index contributed by atoms with van der Waals surface area (Å²) >= 11 is 3.34. The lowest BCUT2D eigenvalue weighted by Gasteiger charge is -2.22. The molecule has 0 aliphatic rings. The van der Waals surface area contributed by atoms with Gasteiger partial charge in [0.15, 0.2) is 0 Å². The molecule has 3 nitrogen and oxygen atoms in total. The molecule has 2 N–H and O–H groups in total. The standard InChI is InChI=1S/C17H21NO2S2/c1-3-21-11-13-6-8-14(9-7-13)16(19)18-12-17(2,20)15-5-4-10-22-15/h4-10,20H,3,11-12H2,1-2H3,(H,18,19).